The number of amides is 1. The lowest BCUT2D eigenvalue weighted by atomic mass is 10.1. The standard InChI is InChI=1S/C16H22N2O6/c1-16(2,3)24-15(22)18-12(17)11(13(19)20)14(21)23-9-10-7-5-4-6-8-10/h4-8,11-12H,9,17H2,1-3H3,(H,18,22)(H,19,20)/t11-,12?/m0/s1. The molecule has 0 aliphatic rings. The van der Waals surface area contributed by atoms with Gasteiger partial charge in [0.2, 0.25) is 0 Å². The Balaban J connectivity index is 2.66. The van der Waals surface area contributed by atoms with E-state index in [1.54, 1.807) is 51.1 Å². The second-order valence-corrected chi connectivity index (χ2v) is 6.08. The molecule has 1 aromatic carbocycles. The van der Waals surface area contributed by atoms with Crippen LogP contribution in [0.1, 0.15) is 26.3 Å². The van der Waals surface area contributed by atoms with Crippen molar-refractivity contribution in [3.05, 3.63) is 35.9 Å². The molecule has 0 aliphatic heterocycles. The minimum atomic E-state index is -1.75. The van der Waals surface area contributed by atoms with Gasteiger partial charge in [0.05, 0.1) is 0 Å². The number of nitrogens with two attached hydrogens (primary N) is 1. The summed E-state index contributed by atoms with van der Waals surface area (Å²) >= 11 is 0. The molecule has 0 fully saturated rings. The van der Waals surface area contributed by atoms with Crippen molar-refractivity contribution in [2.45, 2.75) is 39.1 Å². The van der Waals surface area contributed by atoms with Crippen LogP contribution in [-0.4, -0.2) is 34.9 Å². The zero-order valence-corrected chi connectivity index (χ0v) is 13.8. The average molecular weight is 338 g/mol. The Kier molecular flexibility index (Phi) is 6.72. The van der Waals surface area contributed by atoms with Crippen LogP contribution in [0.2, 0.25) is 0 Å². The monoisotopic (exact) mass is 338 g/mol. The fourth-order valence-corrected chi connectivity index (χ4v) is 1.75. The molecule has 0 spiro atoms. The lowest BCUT2D eigenvalue weighted by molar-refractivity contribution is -0.160. The molecule has 0 bridgehead atoms. The molecule has 2 atom stereocenters. The molecule has 4 N–H and O–H groups in total. The summed E-state index contributed by atoms with van der Waals surface area (Å²) in [5.41, 5.74) is 5.53. The Morgan fingerprint density at radius 2 is 1.79 bits per heavy atom. The van der Waals surface area contributed by atoms with Gasteiger partial charge in [0.15, 0.2) is 5.92 Å². The maximum Gasteiger partial charge on any atom is 0.408 e. The molecule has 24 heavy (non-hydrogen) atoms. The van der Waals surface area contributed by atoms with Crippen LogP contribution in [0.15, 0.2) is 30.3 Å². The highest BCUT2D eigenvalue weighted by Gasteiger charge is 2.36. The first-order chi connectivity index (χ1) is 11.1. The van der Waals surface area contributed by atoms with Crippen molar-refractivity contribution >= 4 is 18.0 Å². The van der Waals surface area contributed by atoms with E-state index in [9.17, 15) is 19.5 Å². The highest BCUT2D eigenvalue weighted by molar-refractivity contribution is 5.95. The number of ether oxygens (including phenoxy) is 2. The van der Waals surface area contributed by atoms with E-state index in [2.05, 4.69) is 5.32 Å². The van der Waals surface area contributed by atoms with E-state index in [4.69, 9.17) is 15.2 Å². The Labute approximate surface area is 139 Å². The normalized spacial score (nSPS) is 13.5. The van der Waals surface area contributed by atoms with Gasteiger partial charge in [0.25, 0.3) is 0 Å². The van der Waals surface area contributed by atoms with Crippen molar-refractivity contribution in [1.82, 2.24) is 5.32 Å². The quantitative estimate of drug-likeness (QED) is 0.404. The smallest absolute Gasteiger partial charge is 0.408 e. The molecule has 132 valence electrons. The second kappa shape index (κ2) is 8.30. The number of nitrogens with one attached hydrogen (secondary N) is 1. The van der Waals surface area contributed by atoms with E-state index in [1.807, 2.05) is 0 Å². The topological polar surface area (TPSA) is 128 Å². The molecule has 1 unspecified atom stereocenters. The zero-order chi connectivity index (χ0) is 18.3. The van der Waals surface area contributed by atoms with Crippen LogP contribution >= 0.6 is 0 Å². The van der Waals surface area contributed by atoms with Gasteiger partial charge in [0.1, 0.15) is 18.4 Å². The van der Waals surface area contributed by atoms with Crippen molar-refractivity contribution in [2.75, 3.05) is 0 Å². The predicted molar refractivity (Wildman–Crippen MR) is 84.7 cm³/mol. The molecular formula is C16H22N2O6. The minimum absolute atomic E-state index is 0.0946. The van der Waals surface area contributed by atoms with E-state index in [-0.39, 0.29) is 6.61 Å². The van der Waals surface area contributed by atoms with Crippen molar-refractivity contribution in [3.8, 4) is 0 Å². The number of carboxylic acid groups (broad SMARTS) is 1. The number of rotatable bonds is 6. The lowest BCUT2D eigenvalue weighted by Crippen LogP contribution is -2.53. The third-order valence-electron chi connectivity index (χ3n) is 2.79. The Hall–Kier alpha value is -2.61. The Bertz CT molecular complexity index is 582. The number of aliphatic carboxylic acids is 1. The summed E-state index contributed by atoms with van der Waals surface area (Å²) in [6.07, 6.45) is -2.40. The van der Waals surface area contributed by atoms with Crippen LogP contribution in [0.4, 0.5) is 4.79 Å². The minimum Gasteiger partial charge on any atom is -0.481 e. The number of carboxylic acids is 1. The molecule has 1 aromatic rings. The molecule has 1 rings (SSSR count). The van der Waals surface area contributed by atoms with Crippen LogP contribution < -0.4 is 11.1 Å². The van der Waals surface area contributed by atoms with Crippen LogP contribution in [-0.2, 0) is 25.7 Å². The number of carbonyl (C=O) groups is 3. The third-order valence-corrected chi connectivity index (χ3v) is 2.79. The first kappa shape index (κ1) is 19.4. The van der Waals surface area contributed by atoms with Crippen LogP contribution in [0.5, 0.6) is 0 Å². The SMILES string of the molecule is CC(C)(C)OC(=O)NC(N)[C@@H](C(=O)O)C(=O)OCc1ccccc1. The van der Waals surface area contributed by atoms with Gasteiger partial charge in [-0.25, -0.2) is 4.79 Å². The van der Waals surface area contributed by atoms with Crippen molar-refractivity contribution in [1.29, 1.82) is 0 Å². The molecule has 0 saturated heterocycles. The van der Waals surface area contributed by atoms with Crippen molar-refractivity contribution < 1.29 is 29.0 Å². The summed E-state index contributed by atoms with van der Waals surface area (Å²) in [6, 6.07) is 8.76. The largest absolute Gasteiger partial charge is 0.481 e. The number of alkyl carbamates (subject to hydrolysis) is 1. The number of carbonyl (C=O) groups excluding carboxylic acids is 2. The van der Waals surface area contributed by atoms with Gasteiger partial charge >= 0.3 is 18.0 Å². The maximum atomic E-state index is 12.0. The summed E-state index contributed by atoms with van der Waals surface area (Å²) in [6.45, 7) is 4.82. The molecule has 0 radical (unpaired) electrons. The molecule has 8 heteroatoms. The van der Waals surface area contributed by atoms with Crippen molar-refractivity contribution in [3.63, 3.8) is 0 Å². The number of benzene rings is 1. The van der Waals surface area contributed by atoms with Crippen LogP contribution in [0.25, 0.3) is 0 Å². The van der Waals surface area contributed by atoms with Gasteiger partial charge in [-0.1, -0.05) is 30.3 Å². The molecule has 0 heterocycles. The molecule has 0 saturated carbocycles. The molecule has 0 aliphatic carbocycles. The average Bonchev–Trinajstić information content (AvgIpc) is 2.43. The fourth-order valence-electron chi connectivity index (χ4n) is 1.75. The Morgan fingerprint density at radius 3 is 2.29 bits per heavy atom. The highest BCUT2D eigenvalue weighted by atomic mass is 16.6. The Morgan fingerprint density at radius 1 is 1.21 bits per heavy atom. The number of esters is 1. The summed E-state index contributed by atoms with van der Waals surface area (Å²) in [5.74, 6) is -4.30. The van der Waals surface area contributed by atoms with Gasteiger partial charge in [-0.15, -0.1) is 0 Å². The van der Waals surface area contributed by atoms with Gasteiger partial charge in [-0.2, -0.15) is 0 Å². The van der Waals surface area contributed by atoms with Crippen molar-refractivity contribution in [2.24, 2.45) is 11.7 Å². The first-order valence-corrected chi connectivity index (χ1v) is 7.28. The zero-order valence-electron chi connectivity index (χ0n) is 13.8. The van der Waals surface area contributed by atoms with Gasteiger partial charge in [-0.3, -0.25) is 9.59 Å². The number of hydrogen-bond acceptors (Lipinski definition) is 6. The summed E-state index contributed by atoms with van der Waals surface area (Å²) in [7, 11) is 0. The van der Waals surface area contributed by atoms with E-state index in [0.717, 1.165) is 0 Å². The molecule has 0 aromatic heterocycles. The fraction of sp³-hybridized carbons (Fsp3) is 0.438. The van der Waals surface area contributed by atoms with Crippen LogP contribution in [0, 0.1) is 5.92 Å². The van der Waals surface area contributed by atoms with Gasteiger partial charge in [0, 0.05) is 0 Å². The molecule has 8 nitrogen and oxygen atoms in total. The molecular weight excluding hydrogens is 316 g/mol. The van der Waals surface area contributed by atoms with E-state index in [0.29, 0.717) is 5.56 Å². The van der Waals surface area contributed by atoms with Crippen LogP contribution in [0.3, 0.4) is 0 Å². The highest BCUT2D eigenvalue weighted by Crippen LogP contribution is 2.10. The van der Waals surface area contributed by atoms with E-state index in [1.165, 1.54) is 0 Å². The predicted octanol–water partition coefficient (Wildman–Crippen LogP) is 1.24. The van der Waals surface area contributed by atoms with E-state index < -0.39 is 35.7 Å². The first-order valence-electron chi connectivity index (χ1n) is 7.28. The summed E-state index contributed by atoms with van der Waals surface area (Å²) in [4.78, 5) is 34.9. The summed E-state index contributed by atoms with van der Waals surface area (Å²) in [5, 5.41) is 11.3. The van der Waals surface area contributed by atoms with Gasteiger partial charge in [-0.05, 0) is 26.3 Å². The summed E-state index contributed by atoms with van der Waals surface area (Å²) < 4.78 is 9.94. The maximum absolute atomic E-state index is 12.0. The molecule has 1 amide bonds. The second-order valence-electron chi connectivity index (χ2n) is 6.08. The third kappa shape index (κ3) is 6.66. The lowest BCUT2D eigenvalue weighted by Gasteiger charge is -2.24. The van der Waals surface area contributed by atoms with E-state index >= 15 is 0 Å². The van der Waals surface area contributed by atoms with Gasteiger partial charge < -0.3 is 25.6 Å². The number of hydrogen-bond donors (Lipinski definition) is 3.